The molecule has 0 fully saturated rings. The average Bonchev–Trinajstić information content (AvgIpc) is 2.33. The maximum absolute atomic E-state index is 10.7. The van der Waals surface area contributed by atoms with Crippen LogP contribution in [0.15, 0.2) is 39.5 Å². The number of hydrogen-bond acceptors (Lipinski definition) is 3. The van der Waals surface area contributed by atoms with Crippen LogP contribution in [0.3, 0.4) is 0 Å². The zero-order valence-electron chi connectivity index (χ0n) is 10.2. The Hall–Kier alpha value is -1.77. The minimum Gasteiger partial charge on any atom is -0.508 e. The van der Waals surface area contributed by atoms with Gasteiger partial charge in [0.25, 0.3) is 0 Å². The van der Waals surface area contributed by atoms with E-state index in [0.29, 0.717) is 5.58 Å². The van der Waals surface area contributed by atoms with Crippen LogP contribution in [0.2, 0.25) is 0 Å². The molecule has 88 valence electrons. The minimum absolute atomic E-state index is 0.0943. The van der Waals surface area contributed by atoms with E-state index in [4.69, 9.17) is 9.52 Å². The summed E-state index contributed by atoms with van der Waals surface area (Å²) in [6.07, 6.45) is 0. The zero-order valence-corrected chi connectivity index (χ0v) is 10.2. The number of phenolic OH excluding ortho intramolecular Hbond substituents is 1. The van der Waals surface area contributed by atoms with Gasteiger partial charge in [-0.15, -0.1) is 0 Å². The van der Waals surface area contributed by atoms with E-state index < -0.39 is 5.63 Å². The number of hydrogen-bond donors (Lipinski definition) is 1. The molecule has 1 N–H and O–H groups in total. The fourth-order valence-corrected chi connectivity index (χ4v) is 1.05. The molecule has 2 aromatic rings. The SMILES string of the molecule is CC.CC.O=c1ccc2ccc(O)cc2o1. The van der Waals surface area contributed by atoms with Crippen LogP contribution < -0.4 is 5.63 Å². The van der Waals surface area contributed by atoms with Crippen LogP contribution in [-0.4, -0.2) is 5.11 Å². The molecule has 0 unspecified atom stereocenters. The number of rotatable bonds is 0. The topological polar surface area (TPSA) is 50.4 Å². The van der Waals surface area contributed by atoms with Crippen molar-refractivity contribution < 1.29 is 9.52 Å². The Kier molecular flexibility index (Phi) is 6.68. The van der Waals surface area contributed by atoms with Crippen molar-refractivity contribution in [2.75, 3.05) is 0 Å². The lowest BCUT2D eigenvalue weighted by atomic mass is 10.2. The Morgan fingerprint density at radius 2 is 1.56 bits per heavy atom. The van der Waals surface area contributed by atoms with Crippen LogP contribution in [0.1, 0.15) is 27.7 Å². The van der Waals surface area contributed by atoms with Crippen LogP contribution in [-0.2, 0) is 0 Å². The van der Waals surface area contributed by atoms with E-state index in [0.717, 1.165) is 5.39 Å². The Balaban J connectivity index is 0.000000509. The van der Waals surface area contributed by atoms with Crippen molar-refractivity contribution in [3.8, 4) is 5.75 Å². The van der Waals surface area contributed by atoms with Crippen LogP contribution in [0.4, 0.5) is 0 Å². The summed E-state index contributed by atoms with van der Waals surface area (Å²) in [6, 6.07) is 7.65. The van der Waals surface area contributed by atoms with E-state index in [9.17, 15) is 4.79 Å². The molecule has 1 aromatic carbocycles. The van der Waals surface area contributed by atoms with Gasteiger partial charge in [-0.3, -0.25) is 0 Å². The molecule has 0 spiro atoms. The summed E-state index contributed by atoms with van der Waals surface area (Å²) in [4.78, 5) is 10.7. The smallest absolute Gasteiger partial charge is 0.336 e. The molecule has 1 heterocycles. The molecule has 0 atom stereocenters. The molecule has 0 bridgehead atoms. The third-order valence-electron chi connectivity index (χ3n) is 1.61. The van der Waals surface area contributed by atoms with Crippen molar-refractivity contribution >= 4 is 11.0 Å². The van der Waals surface area contributed by atoms with Gasteiger partial charge in [0.05, 0.1) is 0 Å². The molecule has 0 saturated heterocycles. The molecule has 0 radical (unpaired) electrons. The number of fused-ring (bicyclic) bond motifs is 1. The average molecular weight is 222 g/mol. The molecule has 0 saturated carbocycles. The van der Waals surface area contributed by atoms with E-state index in [-0.39, 0.29) is 5.75 Å². The van der Waals surface area contributed by atoms with Crippen molar-refractivity contribution in [2.45, 2.75) is 27.7 Å². The Morgan fingerprint density at radius 3 is 2.19 bits per heavy atom. The lowest BCUT2D eigenvalue weighted by Crippen LogP contribution is -1.93. The summed E-state index contributed by atoms with van der Waals surface area (Å²) in [5.41, 5.74) is -0.00407. The standard InChI is InChI=1S/C9H6O3.2C2H6/c10-7-3-1-6-2-4-9(11)12-8(6)5-7;2*1-2/h1-5,10H;2*1-2H3. The van der Waals surface area contributed by atoms with Gasteiger partial charge in [-0.05, 0) is 18.2 Å². The Labute approximate surface area is 95.3 Å². The third-order valence-corrected chi connectivity index (χ3v) is 1.61. The molecule has 0 aliphatic heterocycles. The van der Waals surface area contributed by atoms with E-state index in [1.54, 1.807) is 18.2 Å². The highest BCUT2D eigenvalue weighted by atomic mass is 16.4. The number of benzene rings is 1. The van der Waals surface area contributed by atoms with Crippen molar-refractivity contribution in [3.05, 3.63) is 40.8 Å². The highest BCUT2D eigenvalue weighted by Gasteiger charge is 1.96. The van der Waals surface area contributed by atoms with Crippen LogP contribution in [0.25, 0.3) is 11.0 Å². The Bertz CT molecular complexity index is 472. The summed E-state index contributed by atoms with van der Waals surface area (Å²) < 4.78 is 4.83. The monoisotopic (exact) mass is 222 g/mol. The van der Waals surface area contributed by atoms with Crippen LogP contribution in [0.5, 0.6) is 5.75 Å². The van der Waals surface area contributed by atoms with E-state index in [1.807, 2.05) is 27.7 Å². The van der Waals surface area contributed by atoms with Gasteiger partial charge in [-0.1, -0.05) is 27.7 Å². The van der Waals surface area contributed by atoms with Gasteiger partial charge >= 0.3 is 5.63 Å². The van der Waals surface area contributed by atoms with Gasteiger partial charge in [-0.2, -0.15) is 0 Å². The zero-order chi connectivity index (χ0) is 12.6. The molecule has 3 nitrogen and oxygen atoms in total. The van der Waals surface area contributed by atoms with Crippen molar-refractivity contribution in [1.29, 1.82) is 0 Å². The summed E-state index contributed by atoms with van der Waals surface area (Å²) in [7, 11) is 0. The number of aromatic hydroxyl groups is 1. The first-order valence-electron chi connectivity index (χ1n) is 5.48. The molecule has 16 heavy (non-hydrogen) atoms. The summed E-state index contributed by atoms with van der Waals surface area (Å²) in [5, 5.41) is 9.86. The molecule has 0 aliphatic carbocycles. The second-order valence-electron chi connectivity index (χ2n) is 2.48. The lowest BCUT2D eigenvalue weighted by Gasteiger charge is -1.94. The highest BCUT2D eigenvalue weighted by Crippen LogP contribution is 2.17. The molecule has 1 aromatic heterocycles. The molecule has 0 amide bonds. The van der Waals surface area contributed by atoms with E-state index in [1.165, 1.54) is 12.1 Å². The third kappa shape index (κ3) is 3.77. The fraction of sp³-hybridized carbons (Fsp3) is 0.308. The Morgan fingerprint density at radius 1 is 1.00 bits per heavy atom. The largest absolute Gasteiger partial charge is 0.508 e. The maximum Gasteiger partial charge on any atom is 0.336 e. The quantitative estimate of drug-likeness (QED) is 0.693. The van der Waals surface area contributed by atoms with E-state index >= 15 is 0 Å². The molecule has 2 rings (SSSR count). The van der Waals surface area contributed by atoms with Crippen molar-refractivity contribution in [2.24, 2.45) is 0 Å². The first-order valence-corrected chi connectivity index (χ1v) is 5.48. The second-order valence-corrected chi connectivity index (χ2v) is 2.48. The predicted molar refractivity (Wildman–Crippen MR) is 66.8 cm³/mol. The van der Waals surface area contributed by atoms with Crippen molar-refractivity contribution in [1.82, 2.24) is 0 Å². The fourth-order valence-electron chi connectivity index (χ4n) is 1.05. The molecule has 3 heteroatoms. The van der Waals surface area contributed by atoms with E-state index in [2.05, 4.69) is 0 Å². The number of phenols is 1. The first-order chi connectivity index (χ1) is 7.75. The second kappa shape index (κ2) is 7.51. The highest BCUT2D eigenvalue weighted by molar-refractivity contribution is 5.77. The maximum atomic E-state index is 10.7. The summed E-state index contributed by atoms with van der Waals surface area (Å²) in [5.74, 6) is 0.0943. The van der Waals surface area contributed by atoms with Gasteiger partial charge in [0.1, 0.15) is 11.3 Å². The molecular formula is C13H18O3. The molecular weight excluding hydrogens is 204 g/mol. The van der Waals surface area contributed by atoms with Gasteiger partial charge in [0.15, 0.2) is 0 Å². The lowest BCUT2D eigenvalue weighted by molar-refractivity contribution is 0.473. The van der Waals surface area contributed by atoms with Gasteiger partial charge in [0, 0.05) is 17.5 Å². The molecule has 0 aliphatic rings. The first kappa shape index (κ1) is 14.2. The summed E-state index contributed by atoms with van der Waals surface area (Å²) in [6.45, 7) is 8.00. The minimum atomic E-state index is -0.409. The van der Waals surface area contributed by atoms with Crippen LogP contribution >= 0.6 is 0 Å². The van der Waals surface area contributed by atoms with Crippen molar-refractivity contribution in [3.63, 3.8) is 0 Å². The predicted octanol–water partition coefficient (Wildman–Crippen LogP) is 3.55. The van der Waals surface area contributed by atoms with Gasteiger partial charge < -0.3 is 9.52 Å². The van der Waals surface area contributed by atoms with Crippen LogP contribution in [0, 0.1) is 0 Å². The van der Waals surface area contributed by atoms with Gasteiger partial charge in [-0.25, -0.2) is 4.79 Å². The summed E-state index contributed by atoms with van der Waals surface area (Å²) >= 11 is 0. The van der Waals surface area contributed by atoms with Gasteiger partial charge in [0.2, 0.25) is 0 Å². The normalized spacial score (nSPS) is 8.50.